The van der Waals surface area contributed by atoms with Crippen LogP contribution in [-0.4, -0.2) is 28.9 Å². The van der Waals surface area contributed by atoms with E-state index in [2.05, 4.69) is 4.90 Å². The summed E-state index contributed by atoms with van der Waals surface area (Å²) < 4.78 is 13.3. The van der Waals surface area contributed by atoms with Gasteiger partial charge in [0, 0.05) is 12.1 Å². The van der Waals surface area contributed by atoms with Crippen molar-refractivity contribution in [1.29, 1.82) is 0 Å². The van der Waals surface area contributed by atoms with Crippen LogP contribution < -0.4 is 5.73 Å². The van der Waals surface area contributed by atoms with Gasteiger partial charge in [0.1, 0.15) is 5.82 Å². The standard InChI is InChI=1S/C18H20FN3O/c19-14-5-1-4-13(10-14)11-15-6-2-7-16(21-15)17-8-3-9-22(17)12-18(20)23/h1-2,4-7,10,17H,3,8-9,11-12H2,(H2,20,23)/t17-/m1/s1. The highest BCUT2D eigenvalue weighted by Gasteiger charge is 2.28. The van der Waals surface area contributed by atoms with E-state index in [0.717, 1.165) is 36.3 Å². The van der Waals surface area contributed by atoms with Crippen molar-refractivity contribution >= 4 is 5.91 Å². The molecule has 3 rings (SSSR count). The van der Waals surface area contributed by atoms with Gasteiger partial charge in [-0.05, 0) is 49.2 Å². The Hall–Kier alpha value is -2.27. The van der Waals surface area contributed by atoms with Gasteiger partial charge < -0.3 is 5.73 Å². The van der Waals surface area contributed by atoms with Crippen molar-refractivity contribution in [1.82, 2.24) is 9.88 Å². The number of carbonyl (C=O) groups is 1. The van der Waals surface area contributed by atoms with Crippen molar-refractivity contribution in [3.05, 3.63) is 65.2 Å². The number of amides is 1. The van der Waals surface area contributed by atoms with Gasteiger partial charge in [-0.25, -0.2) is 4.39 Å². The highest BCUT2D eigenvalue weighted by atomic mass is 19.1. The first kappa shape index (κ1) is 15.6. The fraction of sp³-hybridized carbons (Fsp3) is 0.333. The minimum Gasteiger partial charge on any atom is -0.369 e. The average molecular weight is 313 g/mol. The summed E-state index contributed by atoms with van der Waals surface area (Å²) in [4.78, 5) is 18.0. The maximum atomic E-state index is 13.3. The molecule has 23 heavy (non-hydrogen) atoms. The Bertz CT molecular complexity index is 704. The fourth-order valence-corrected chi connectivity index (χ4v) is 3.19. The van der Waals surface area contributed by atoms with E-state index in [1.807, 2.05) is 24.3 Å². The molecule has 5 heteroatoms. The Labute approximate surface area is 135 Å². The van der Waals surface area contributed by atoms with Crippen LogP contribution in [0, 0.1) is 5.82 Å². The Kier molecular flexibility index (Phi) is 4.67. The van der Waals surface area contributed by atoms with Gasteiger partial charge in [-0.15, -0.1) is 0 Å². The third kappa shape index (κ3) is 3.93. The topological polar surface area (TPSA) is 59.2 Å². The molecule has 0 radical (unpaired) electrons. The molecule has 1 aromatic carbocycles. The van der Waals surface area contributed by atoms with Gasteiger partial charge in [0.25, 0.3) is 0 Å². The Morgan fingerprint density at radius 2 is 2.13 bits per heavy atom. The van der Waals surface area contributed by atoms with Crippen molar-refractivity contribution in [2.45, 2.75) is 25.3 Å². The van der Waals surface area contributed by atoms with Crippen molar-refractivity contribution in [3.63, 3.8) is 0 Å². The van der Waals surface area contributed by atoms with Crippen LogP contribution in [0.1, 0.15) is 35.8 Å². The third-order valence-electron chi connectivity index (χ3n) is 4.17. The van der Waals surface area contributed by atoms with Gasteiger partial charge in [0.15, 0.2) is 0 Å². The monoisotopic (exact) mass is 313 g/mol. The first-order valence-corrected chi connectivity index (χ1v) is 7.84. The number of primary amides is 1. The first-order chi connectivity index (χ1) is 11.1. The second kappa shape index (κ2) is 6.87. The molecule has 2 aromatic rings. The van der Waals surface area contributed by atoms with E-state index < -0.39 is 0 Å². The van der Waals surface area contributed by atoms with Crippen LogP contribution in [-0.2, 0) is 11.2 Å². The fourth-order valence-electron chi connectivity index (χ4n) is 3.19. The lowest BCUT2D eigenvalue weighted by molar-refractivity contribution is -0.119. The lowest BCUT2D eigenvalue weighted by Crippen LogP contribution is -2.33. The van der Waals surface area contributed by atoms with Gasteiger partial charge in [-0.2, -0.15) is 0 Å². The summed E-state index contributed by atoms with van der Waals surface area (Å²) in [6.07, 6.45) is 2.60. The van der Waals surface area contributed by atoms with E-state index in [0.29, 0.717) is 6.42 Å². The number of halogens is 1. The molecule has 0 bridgehead atoms. The molecule has 1 aromatic heterocycles. The second-order valence-electron chi connectivity index (χ2n) is 5.96. The lowest BCUT2D eigenvalue weighted by atomic mass is 10.1. The molecule has 1 atom stereocenters. The largest absolute Gasteiger partial charge is 0.369 e. The number of aromatic nitrogens is 1. The molecule has 0 spiro atoms. The van der Waals surface area contributed by atoms with E-state index >= 15 is 0 Å². The maximum absolute atomic E-state index is 13.3. The molecule has 1 aliphatic heterocycles. The summed E-state index contributed by atoms with van der Waals surface area (Å²) in [7, 11) is 0. The number of hydrogen-bond acceptors (Lipinski definition) is 3. The molecular weight excluding hydrogens is 293 g/mol. The number of pyridine rings is 1. The first-order valence-electron chi connectivity index (χ1n) is 7.84. The smallest absolute Gasteiger partial charge is 0.231 e. The second-order valence-corrected chi connectivity index (χ2v) is 5.96. The van der Waals surface area contributed by atoms with Crippen LogP contribution >= 0.6 is 0 Å². The summed E-state index contributed by atoms with van der Waals surface area (Å²) >= 11 is 0. The zero-order chi connectivity index (χ0) is 16.2. The molecule has 1 saturated heterocycles. The molecule has 120 valence electrons. The van der Waals surface area contributed by atoms with Crippen molar-refractivity contribution in [2.75, 3.05) is 13.1 Å². The molecule has 4 nitrogen and oxygen atoms in total. The number of nitrogens with zero attached hydrogens (tertiary/aromatic N) is 2. The molecule has 1 fully saturated rings. The van der Waals surface area contributed by atoms with Gasteiger partial charge >= 0.3 is 0 Å². The summed E-state index contributed by atoms with van der Waals surface area (Å²) in [6.45, 7) is 1.13. The van der Waals surface area contributed by atoms with Crippen LogP contribution in [0.5, 0.6) is 0 Å². The van der Waals surface area contributed by atoms with Gasteiger partial charge in [0.05, 0.1) is 18.3 Å². The van der Waals surface area contributed by atoms with Crippen LogP contribution in [0.15, 0.2) is 42.5 Å². The minimum atomic E-state index is -0.312. The zero-order valence-corrected chi connectivity index (χ0v) is 12.9. The number of likely N-dealkylation sites (tertiary alicyclic amines) is 1. The number of nitrogens with two attached hydrogens (primary N) is 1. The van der Waals surface area contributed by atoms with Crippen LogP contribution in [0.25, 0.3) is 0 Å². The van der Waals surface area contributed by atoms with Crippen molar-refractivity contribution in [3.8, 4) is 0 Å². The summed E-state index contributed by atoms with van der Waals surface area (Å²) in [5.74, 6) is -0.546. The molecule has 2 N–H and O–H groups in total. The molecule has 0 unspecified atom stereocenters. The highest BCUT2D eigenvalue weighted by Crippen LogP contribution is 2.30. The summed E-state index contributed by atoms with van der Waals surface area (Å²) in [5.41, 5.74) is 8.08. The van der Waals surface area contributed by atoms with Gasteiger partial charge in [-0.1, -0.05) is 18.2 Å². The van der Waals surface area contributed by atoms with E-state index in [-0.39, 0.29) is 24.3 Å². The molecule has 1 amide bonds. The summed E-state index contributed by atoms with van der Waals surface area (Å²) in [6, 6.07) is 12.6. The van der Waals surface area contributed by atoms with Crippen molar-refractivity contribution < 1.29 is 9.18 Å². The molecule has 2 heterocycles. The maximum Gasteiger partial charge on any atom is 0.231 e. The quantitative estimate of drug-likeness (QED) is 0.922. The van der Waals surface area contributed by atoms with Gasteiger partial charge in [-0.3, -0.25) is 14.7 Å². The molecular formula is C18H20FN3O. The van der Waals surface area contributed by atoms with E-state index in [1.165, 1.54) is 12.1 Å². The normalized spacial score (nSPS) is 18.2. The van der Waals surface area contributed by atoms with E-state index in [9.17, 15) is 9.18 Å². The zero-order valence-electron chi connectivity index (χ0n) is 12.9. The van der Waals surface area contributed by atoms with Gasteiger partial charge in [0.2, 0.25) is 5.91 Å². The van der Waals surface area contributed by atoms with Crippen molar-refractivity contribution in [2.24, 2.45) is 5.73 Å². The Morgan fingerprint density at radius 1 is 1.30 bits per heavy atom. The average Bonchev–Trinajstić information content (AvgIpc) is 2.95. The van der Waals surface area contributed by atoms with Crippen LogP contribution in [0.2, 0.25) is 0 Å². The number of benzene rings is 1. The van der Waals surface area contributed by atoms with E-state index in [1.54, 1.807) is 6.07 Å². The predicted molar refractivity (Wildman–Crippen MR) is 86.2 cm³/mol. The minimum absolute atomic E-state index is 0.134. The highest BCUT2D eigenvalue weighted by molar-refractivity contribution is 5.76. The van der Waals surface area contributed by atoms with Crippen LogP contribution in [0.4, 0.5) is 4.39 Å². The predicted octanol–water partition coefficient (Wildman–Crippen LogP) is 2.43. The van der Waals surface area contributed by atoms with Crippen LogP contribution in [0.3, 0.4) is 0 Å². The lowest BCUT2D eigenvalue weighted by Gasteiger charge is -2.22. The molecule has 0 saturated carbocycles. The Morgan fingerprint density at radius 3 is 2.91 bits per heavy atom. The number of hydrogen-bond donors (Lipinski definition) is 1. The summed E-state index contributed by atoms with van der Waals surface area (Å²) in [5, 5.41) is 0. The third-order valence-corrected chi connectivity index (χ3v) is 4.17. The van der Waals surface area contributed by atoms with E-state index in [4.69, 9.17) is 10.7 Å². The number of rotatable bonds is 5. The Balaban J connectivity index is 1.78. The number of carbonyl (C=O) groups excluding carboxylic acids is 1. The molecule has 0 aliphatic carbocycles. The SMILES string of the molecule is NC(=O)CN1CCC[C@@H]1c1cccc(Cc2cccc(F)c2)n1. The molecule has 1 aliphatic rings.